The predicted octanol–water partition coefficient (Wildman–Crippen LogP) is 1.73. The molecule has 1 atom stereocenters. The molecule has 1 fully saturated rings. The second-order valence-electron chi connectivity index (χ2n) is 4.95. The fourth-order valence-electron chi connectivity index (χ4n) is 2.32. The molecule has 1 amide bonds. The number of hydrogen-bond acceptors (Lipinski definition) is 2. The molecule has 0 aliphatic carbocycles. The molecule has 17 heavy (non-hydrogen) atoms. The van der Waals surface area contributed by atoms with Crippen molar-refractivity contribution in [1.82, 2.24) is 10.6 Å². The molecular weight excluding hydrogens is 212 g/mol. The third kappa shape index (κ3) is 2.67. The lowest BCUT2D eigenvalue weighted by molar-refractivity contribution is 0.0912. The minimum absolute atomic E-state index is 0.0497. The molecule has 1 aromatic rings. The zero-order valence-corrected chi connectivity index (χ0v) is 10.5. The lowest BCUT2D eigenvalue weighted by Crippen LogP contribution is -2.47. The van der Waals surface area contributed by atoms with E-state index in [4.69, 9.17) is 0 Å². The summed E-state index contributed by atoms with van der Waals surface area (Å²) in [4.78, 5) is 12.2. The quantitative estimate of drug-likeness (QED) is 0.833. The van der Waals surface area contributed by atoms with E-state index in [9.17, 15) is 4.79 Å². The van der Waals surface area contributed by atoms with E-state index in [1.807, 2.05) is 24.3 Å². The maximum atomic E-state index is 12.2. The highest BCUT2D eigenvalue weighted by Crippen LogP contribution is 2.16. The largest absolute Gasteiger partial charge is 0.346 e. The molecule has 0 radical (unpaired) electrons. The molecule has 3 heteroatoms. The number of aryl methyl sites for hydroxylation is 1. The van der Waals surface area contributed by atoms with E-state index in [1.165, 1.54) is 0 Å². The van der Waals surface area contributed by atoms with Crippen molar-refractivity contribution >= 4 is 5.91 Å². The van der Waals surface area contributed by atoms with E-state index >= 15 is 0 Å². The average molecular weight is 232 g/mol. The monoisotopic (exact) mass is 232 g/mol. The first kappa shape index (κ1) is 12.1. The molecule has 1 heterocycles. The van der Waals surface area contributed by atoms with Gasteiger partial charge in [-0.25, -0.2) is 0 Å². The summed E-state index contributed by atoms with van der Waals surface area (Å²) in [7, 11) is 0. The molecule has 0 bridgehead atoms. The normalized spacial score (nSPS) is 23.6. The minimum Gasteiger partial charge on any atom is -0.346 e. The third-order valence-corrected chi connectivity index (χ3v) is 3.43. The summed E-state index contributed by atoms with van der Waals surface area (Å²) in [6, 6.07) is 7.82. The number of nitrogens with one attached hydrogen (secondary N) is 2. The van der Waals surface area contributed by atoms with E-state index in [0.29, 0.717) is 0 Å². The highest BCUT2D eigenvalue weighted by Gasteiger charge is 2.30. The Bertz CT molecular complexity index is 408. The summed E-state index contributed by atoms with van der Waals surface area (Å²) < 4.78 is 0. The topological polar surface area (TPSA) is 41.1 Å². The van der Waals surface area contributed by atoms with Crippen LogP contribution in [-0.4, -0.2) is 24.5 Å². The lowest BCUT2D eigenvalue weighted by Gasteiger charge is -2.25. The zero-order valence-electron chi connectivity index (χ0n) is 10.5. The van der Waals surface area contributed by atoms with Crippen molar-refractivity contribution in [3.05, 3.63) is 35.4 Å². The summed E-state index contributed by atoms with van der Waals surface area (Å²) in [5, 5.41) is 6.43. The van der Waals surface area contributed by atoms with E-state index in [-0.39, 0.29) is 11.4 Å². The molecule has 0 aromatic heterocycles. The summed E-state index contributed by atoms with van der Waals surface area (Å²) in [5.74, 6) is 0.0497. The van der Waals surface area contributed by atoms with Crippen LogP contribution in [0.15, 0.2) is 24.3 Å². The van der Waals surface area contributed by atoms with Crippen molar-refractivity contribution in [3.63, 3.8) is 0 Å². The van der Waals surface area contributed by atoms with Gasteiger partial charge >= 0.3 is 0 Å². The van der Waals surface area contributed by atoms with Crippen LogP contribution in [0.25, 0.3) is 0 Å². The van der Waals surface area contributed by atoms with Gasteiger partial charge in [0.15, 0.2) is 0 Å². The first-order valence-electron chi connectivity index (χ1n) is 6.26. The Morgan fingerprint density at radius 3 is 2.88 bits per heavy atom. The Hall–Kier alpha value is -1.35. The highest BCUT2D eigenvalue weighted by atomic mass is 16.1. The van der Waals surface area contributed by atoms with Crippen LogP contribution < -0.4 is 10.6 Å². The molecule has 92 valence electrons. The van der Waals surface area contributed by atoms with Gasteiger partial charge in [-0.15, -0.1) is 0 Å². The van der Waals surface area contributed by atoms with Crippen LogP contribution in [0.1, 0.15) is 36.2 Å². The van der Waals surface area contributed by atoms with Crippen LogP contribution in [-0.2, 0) is 6.42 Å². The van der Waals surface area contributed by atoms with Crippen molar-refractivity contribution < 1.29 is 4.79 Å². The Balaban J connectivity index is 2.14. The SMILES string of the molecule is CCc1ccccc1C(=O)NC1(C)CCNC1. The highest BCUT2D eigenvalue weighted by molar-refractivity contribution is 5.96. The van der Waals surface area contributed by atoms with Crippen molar-refractivity contribution in [2.24, 2.45) is 0 Å². The second-order valence-corrected chi connectivity index (χ2v) is 4.95. The van der Waals surface area contributed by atoms with Crippen LogP contribution in [0, 0.1) is 0 Å². The number of rotatable bonds is 3. The van der Waals surface area contributed by atoms with Gasteiger partial charge in [-0.05, 0) is 37.9 Å². The molecule has 3 nitrogen and oxygen atoms in total. The van der Waals surface area contributed by atoms with Gasteiger partial charge < -0.3 is 10.6 Å². The molecule has 1 aromatic carbocycles. The third-order valence-electron chi connectivity index (χ3n) is 3.43. The van der Waals surface area contributed by atoms with E-state index in [1.54, 1.807) is 0 Å². The van der Waals surface area contributed by atoms with Crippen LogP contribution >= 0.6 is 0 Å². The Morgan fingerprint density at radius 2 is 2.24 bits per heavy atom. The van der Waals surface area contributed by atoms with Crippen molar-refractivity contribution in [2.45, 2.75) is 32.2 Å². The summed E-state index contributed by atoms with van der Waals surface area (Å²) >= 11 is 0. The van der Waals surface area contributed by atoms with Gasteiger partial charge in [-0.2, -0.15) is 0 Å². The second kappa shape index (κ2) is 4.88. The number of amides is 1. The molecular formula is C14H20N2O. The van der Waals surface area contributed by atoms with Crippen LogP contribution in [0.5, 0.6) is 0 Å². The van der Waals surface area contributed by atoms with E-state index in [0.717, 1.165) is 37.1 Å². The standard InChI is InChI=1S/C14H20N2O/c1-3-11-6-4-5-7-12(11)13(17)16-14(2)8-9-15-10-14/h4-7,15H,3,8-10H2,1-2H3,(H,16,17). The fourth-order valence-corrected chi connectivity index (χ4v) is 2.32. The molecule has 2 rings (SSSR count). The zero-order chi connectivity index (χ0) is 12.3. The summed E-state index contributed by atoms with van der Waals surface area (Å²) in [6.07, 6.45) is 1.88. The van der Waals surface area contributed by atoms with Gasteiger partial charge in [-0.3, -0.25) is 4.79 Å². The van der Waals surface area contributed by atoms with Crippen LogP contribution in [0.2, 0.25) is 0 Å². The Labute approximate surface area is 103 Å². The van der Waals surface area contributed by atoms with Crippen LogP contribution in [0.4, 0.5) is 0 Å². The molecule has 1 unspecified atom stereocenters. The van der Waals surface area contributed by atoms with E-state index < -0.39 is 0 Å². The van der Waals surface area contributed by atoms with Crippen molar-refractivity contribution in [2.75, 3.05) is 13.1 Å². The molecule has 0 saturated carbocycles. The molecule has 1 aliphatic rings. The number of benzene rings is 1. The number of carbonyl (C=O) groups excluding carboxylic acids is 1. The maximum Gasteiger partial charge on any atom is 0.252 e. The smallest absolute Gasteiger partial charge is 0.252 e. The van der Waals surface area contributed by atoms with Gasteiger partial charge in [0.1, 0.15) is 0 Å². The summed E-state index contributed by atoms with van der Waals surface area (Å²) in [6.45, 7) is 6.00. The molecule has 1 saturated heterocycles. The Kier molecular flexibility index (Phi) is 3.48. The number of carbonyl (C=O) groups is 1. The Morgan fingerprint density at radius 1 is 1.47 bits per heavy atom. The molecule has 1 aliphatic heterocycles. The summed E-state index contributed by atoms with van der Waals surface area (Å²) in [5.41, 5.74) is 1.82. The van der Waals surface area contributed by atoms with Gasteiger partial charge in [0.2, 0.25) is 0 Å². The van der Waals surface area contributed by atoms with Gasteiger partial charge in [0.05, 0.1) is 5.54 Å². The maximum absolute atomic E-state index is 12.2. The number of hydrogen-bond donors (Lipinski definition) is 2. The van der Waals surface area contributed by atoms with Gasteiger partial charge in [0, 0.05) is 12.1 Å². The first-order valence-corrected chi connectivity index (χ1v) is 6.26. The van der Waals surface area contributed by atoms with Gasteiger partial charge in [-0.1, -0.05) is 25.1 Å². The average Bonchev–Trinajstić information content (AvgIpc) is 2.75. The van der Waals surface area contributed by atoms with Crippen LogP contribution in [0.3, 0.4) is 0 Å². The van der Waals surface area contributed by atoms with Gasteiger partial charge in [0.25, 0.3) is 5.91 Å². The minimum atomic E-state index is -0.0993. The molecule has 2 N–H and O–H groups in total. The fraction of sp³-hybridized carbons (Fsp3) is 0.500. The van der Waals surface area contributed by atoms with E-state index in [2.05, 4.69) is 24.5 Å². The van der Waals surface area contributed by atoms with Crippen molar-refractivity contribution in [1.29, 1.82) is 0 Å². The van der Waals surface area contributed by atoms with Crippen molar-refractivity contribution in [3.8, 4) is 0 Å². The first-order chi connectivity index (χ1) is 8.14. The lowest BCUT2D eigenvalue weighted by atomic mass is 9.99. The predicted molar refractivity (Wildman–Crippen MR) is 69.2 cm³/mol. The molecule has 0 spiro atoms.